The Kier molecular flexibility index (Phi) is 4.07. The van der Waals surface area contributed by atoms with E-state index in [-0.39, 0.29) is 11.2 Å². The van der Waals surface area contributed by atoms with E-state index >= 15 is 0 Å². The third-order valence-electron chi connectivity index (χ3n) is 3.56. The first-order valence-corrected chi connectivity index (χ1v) is 9.18. The summed E-state index contributed by atoms with van der Waals surface area (Å²) in [6.07, 6.45) is 1.85. The standard InChI is InChI=1S/C16H12N4O2S2/c1-9-4-2-3-5-10(9)14-18-12(22-20-14)8-24-16-17-11-6-7-23-13(11)15(21)19-16/h2-7,13H,8H2,1H3. The van der Waals surface area contributed by atoms with Gasteiger partial charge < -0.3 is 4.52 Å². The molecule has 0 bridgehead atoms. The fourth-order valence-corrected chi connectivity index (χ4v) is 3.86. The van der Waals surface area contributed by atoms with Crippen LogP contribution in [0.1, 0.15) is 11.5 Å². The number of carbonyl (C=O) groups excluding carboxylic acids is 1. The number of amidine groups is 1. The topological polar surface area (TPSA) is 80.7 Å². The van der Waals surface area contributed by atoms with Crippen molar-refractivity contribution in [3.63, 3.8) is 0 Å². The van der Waals surface area contributed by atoms with Crippen molar-refractivity contribution in [2.24, 2.45) is 9.98 Å². The van der Waals surface area contributed by atoms with E-state index in [1.165, 1.54) is 23.5 Å². The number of allylic oxidation sites excluding steroid dienone is 1. The minimum atomic E-state index is -0.273. The van der Waals surface area contributed by atoms with Gasteiger partial charge in [0.25, 0.3) is 5.91 Å². The van der Waals surface area contributed by atoms with Crippen LogP contribution in [0.15, 0.2) is 50.3 Å². The smallest absolute Gasteiger partial charge is 0.267 e. The Morgan fingerprint density at radius 1 is 1.29 bits per heavy atom. The highest BCUT2D eigenvalue weighted by molar-refractivity contribution is 8.13. The van der Waals surface area contributed by atoms with E-state index in [4.69, 9.17) is 4.52 Å². The zero-order valence-electron chi connectivity index (χ0n) is 12.7. The van der Waals surface area contributed by atoms with Crippen LogP contribution in [0.3, 0.4) is 0 Å². The van der Waals surface area contributed by atoms with Gasteiger partial charge in [-0.1, -0.05) is 41.2 Å². The maximum absolute atomic E-state index is 11.9. The van der Waals surface area contributed by atoms with Gasteiger partial charge in [-0.2, -0.15) is 9.98 Å². The molecule has 4 rings (SSSR count). The minimum Gasteiger partial charge on any atom is -0.338 e. The van der Waals surface area contributed by atoms with Crippen LogP contribution < -0.4 is 0 Å². The van der Waals surface area contributed by atoms with E-state index in [2.05, 4.69) is 20.1 Å². The van der Waals surface area contributed by atoms with Crippen LogP contribution in [0, 0.1) is 6.92 Å². The molecule has 2 aromatic rings. The number of hydrogen-bond donors (Lipinski definition) is 0. The highest BCUT2D eigenvalue weighted by Gasteiger charge is 2.30. The molecule has 3 heterocycles. The van der Waals surface area contributed by atoms with Gasteiger partial charge in [-0.15, -0.1) is 11.8 Å². The van der Waals surface area contributed by atoms with Crippen LogP contribution >= 0.6 is 23.5 Å². The molecule has 1 unspecified atom stereocenters. The zero-order valence-corrected chi connectivity index (χ0v) is 14.3. The number of aliphatic imine (C=N–C) groups is 2. The summed E-state index contributed by atoms with van der Waals surface area (Å²) in [5.41, 5.74) is 2.79. The van der Waals surface area contributed by atoms with Crippen LogP contribution in [-0.4, -0.2) is 32.2 Å². The molecule has 1 atom stereocenters. The van der Waals surface area contributed by atoms with Gasteiger partial charge in [0.2, 0.25) is 11.7 Å². The highest BCUT2D eigenvalue weighted by atomic mass is 32.2. The van der Waals surface area contributed by atoms with Crippen LogP contribution in [0.25, 0.3) is 11.4 Å². The number of benzene rings is 1. The third-order valence-corrected chi connectivity index (χ3v) is 5.40. The third kappa shape index (κ3) is 2.94. The van der Waals surface area contributed by atoms with Crippen LogP contribution in [0.4, 0.5) is 0 Å². The van der Waals surface area contributed by atoms with Gasteiger partial charge in [0.05, 0.1) is 11.5 Å². The Morgan fingerprint density at radius 2 is 2.17 bits per heavy atom. The second-order valence-corrected chi connectivity index (χ2v) is 7.16. The average Bonchev–Trinajstić information content (AvgIpc) is 3.22. The molecular formula is C16H12N4O2S2. The summed E-state index contributed by atoms with van der Waals surface area (Å²) in [7, 11) is 0. The van der Waals surface area contributed by atoms with Crippen LogP contribution in [0.5, 0.6) is 0 Å². The molecule has 2 aliphatic rings. The lowest BCUT2D eigenvalue weighted by atomic mass is 10.1. The molecule has 6 nitrogen and oxygen atoms in total. The summed E-state index contributed by atoms with van der Waals surface area (Å²) in [4.78, 5) is 24.8. The molecule has 0 aliphatic carbocycles. The zero-order chi connectivity index (χ0) is 16.5. The number of rotatable bonds is 3. The van der Waals surface area contributed by atoms with Crippen molar-refractivity contribution < 1.29 is 9.32 Å². The molecule has 120 valence electrons. The van der Waals surface area contributed by atoms with Crippen molar-refractivity contribution in [2.45, 2.75) is 17.9 Å². The Labute approximate surface area is 146 Å². The maximum atomic E-state index is 11.9. The lowest BCUT2D eigenvalue weighted by molar-refractivity contribution is -0.116. The SMILES string of the molecule is Cc1ccccc1-c1noc(CSC2=NC(=O)C3SC=CC3=N2)n1. The largest absolute Gasteiger partial charge is 0.338 e. The van der Waals surface area contributed by atoms with Crippen molar-refractivity contribution in [3.8, 4) is 11.4 Å². The van der Waals surface area contributed by atoms with Gasteiger partial charge in [-0.05, 0) is 24.0 Å². The van der Waals surface area contributed by atoms with Crippen molar-refractivity contribution in [2.75, 3.05) is 0 Å². The fourth-order valence-electron chi connectivity index (χ4n) is 2.35. The van der Waals surface area contributed by atoms with Gasteiger partial charge in [-0.3, -0.25) is 4.79 Å². The molecule has 24 heavy (non-hydrogen) atoms. The molecule has 0 saturated heterocycles. The average molecular weight is 356 g/mol. The summed E-state index contributed by atoms with van der Waals surface area (Å²) in [5, 5.41) is 6.06. The molecule has 0 N–H and O–H groups in total. The Bertz CT molecular complexity index is 901. The summed E-state index contributed by atoms with van der Waals surface area (Å²) < 4.78 is 5.29. The number of thioether (sulfide) groups is 2. The van der Waals surface area contributed by atoms with Crippen molar-refractivity contribution in [1.82, 2.24) is 10.1 Å². The van der Waals surface area contributed by atoms with Gasteiger partial charge in [0.15, 0.2) is 5.17 Å². The molecule has 1 aromatic carbocycles. The van der Waals surface area contributed by atoms with E-state index in [0.717, 1.165) is 16.8 Å². The predicted octanol–water partition coefficient (Wildman–Crippen LogP) is 3.24. The Morgan fingerprint density at radius 3 is 3.04 bits per heavy atom. The van der Waals surface area contributed by atoms with E-state index in [1.807, 2.05) is 42.7 Å². The molecule has 8 heteroatoms. The van der Waals surface area contributed by atoms with E-state index in [9.17, 15) is 4.79 Å². The van der Waals surface area contributed by atoms with Gasteiger partial charge >= 0.3 is 0 Å². The van der Waals surface area contributed by atoms with E-state index in [0.29, 0.717) is 22.6 Å². The molecule has 0 saturated carbocycles. The van der Waals surface area contributed by atoms with Crippen LogP contribution in [-0.2, 0) is 10.5 Å². The number of aromatic nitrogens is 2. The van der Waals surface area contributed by atoms with Gasteiger partial charge in [-0.25, -0.2) is 4.99 Å². The summed E-state index contributed by atoms with van der Waals surface area (Å²) in [6, 6.07) is 7.87. The molecule has 1 amide bonds. The summed E-state index contributed by atoms with van der Waals surface area (Å²) >= 11 is 2.75. The van der Waals surface area contributed by atoms with Crippen molar-refractivity contribution >= 4 is 40.3 Å². The number of carbonyl (C=O) groups is 1. The number of fused-ring (bicyclic) bond motifs is 1. The first-order valence-electron chi connectivity index (χ1n) is 7.25. The normalized spacial score (nSPS) is 19.2. The fraction of sp³-hybridized carbons (Fsp3) is 0.188. The molecular weight excluding hydrogens is 344 g/mol. The number of nitrogens with zero attached hydrogens (tertiary/aromatic N) is 4. The second kappa shape index (κ2) is 6.37. The van der Waals surface area contributed by atoms with Gasteiger partial charge in [0, 0.05) is 5.56 Å². The number of aryl methyl sites for hydroxylation is 1. The Hall–Kier alpha value is -2.19. The van der Waals surface area contributed by atoms with Crippen molar-refractivity contribution in [1.29, 1.82) is 0 Å². The second-order valence-electron chi connectivity index (χ2n) is 5.20. The molecule has 1 aromatic heterocycles. The minimum absolute atomic E-state index is 0.163. The molecule has 0 radical (unpaired) electrons. The quantitative estimate of drug-likeness (QED) is 0.840. The number of hydrogen-bond acceptors (Lipinski definition) is 7. The lowest BCUT2D eigenvalue weighted by Gasteiger charge is -2.11. The lowest BCUT2D eigenvalue weighted by Crippen LogP contribution is -2.26. The molecule has 0 fully saturated rings. The summed E-state index contributed by atoms with van der Waals surface area (Å²) in [5.74, 6) is 1.30. The first kappa shape index (κ1) is 15.3. The highest BCUT2D eigenvalue weighted by Crippen LogP contribution is 2.28. The molecule has 0 spiro atoms. The van der Waals surface area contributed by atoms with Crippen molar-refractivity contribution in [3.05, 3.63) is 47.2 Å². The van der Waals surface area contributed by atoms with E-state index in [1.54, 1.807) is 0 Å². The van der Waals surface area contributed by atoms with Gasteiger partial charge in [0.1, 0.15) is 5.25 Å². The number of amides is 1. The van der Waals surface area contributed by atoms with Crippen LogP contribution in [0.2, 0.25) is 0 Å². The summed E-state index contributed by atoms with van der Waals surface area (Å²) in [6.45, 7) is 2.00. The Balaban J connectivity index is 1.47. The monoisotopic (exact) mass is 356 g/mol. The van der Waals surface area contributed by atoms with E-state index < -0.39 is 0 Å². The molecule has 2 aliphatic heterocycles. The predicted molar refractivity (Wildman–Crippen MR) is 96.2 cm³/mol. The first-order chi connectivity index (χ1) is 11.7. The maximum Gasteiger partial charge on any atom is 0.267 e.